The van der Waals surface area contributed by atoms with Crippen molar-refractivity contribution >= 4 is 23.1 Å². The number of aromatic nitrogens is 1. The van der Waals surface area contributed by atoms with Gasteiger partial charge in [0.15, 0.2) is 17.5 Å². The molecule has 0 aliphatic heterocycles. The Morgan fingerprint density at radius 2 is 1.67 bits per heavy atom. The molecule has 2 aromatic rings. The van der Waals surface area contributed by atoms with E-state index in [2.05, 4.69) is 10.3 Å². The highest BCUT2D eigenvalue weighted by atomic mass is 35.5. The van der Waals surface area contributed by atoms with Crippen LogP contribution in [0.4, 0.5) is 37.8 Å². The maximum absolute atomic E-state index is 13.4. The van der Waals surface area contributed by atoms with Crippen LogP contribution in [0.2, 0.25) is 5.02 Å². The monoisotopic (exact) mass is 326 g/mol. The van der Waals surface area contributed by atoms with Crippen LogP contribution in [0.3, 0.4) is 0 Å². The van der Waals surface area contributed by atoms with E-state index in [0.717, 1.165) is 12.1 Å². The standard InChI is InChI=1S/C12H5ClF6N2/c13-6-2-1-5(12(17,18)19)3-9(6)20-11-8(15)4-7(14)10(16)21-11/h1-4H,(H,20,21). The Labute approximate surface area is 119 Å². The van der Waals surface area contributed by atoms with Crippen LogP contribution in [0.25, 0.3) is 0 Å². The Morgan fingerprint density at radius 1 is 1.00 bits per heavy atom. The Hall–Kier alpha value is -1.96. The molecule has 1 aromatic carbocycles. The zero-order valence-corrected chi connectivity index (χ0v) is 10.7. The van der Waals surface area contributed by atoms with E-state index in [1.807, 2.05) is 0 Å². The summed E-state index contributed by atoms with van der Waals surface area (Å²) in [5.41, 5.74) is -1.39. The molecule has 0 radical (unpaired) electrons. The van der Waals surface area contributed by atoms with Gasteiger partial charge in [0, 0.05) is 6.07 Å². The Balaban J connectivity index is 2.42. The van der Waals surface area contributed by atoms with E-state index in [9.17, 15) is 26.3 Å². The number of nitrogens with zero attached hydrogens (tertiary/aromatic N) is 1. The number of benzene rings is 1. The van der Waals surface area contributed by atoms with Crippen LogP contribution in [0.1, 0.15) is 5.56 Å². The number of rotatable bonds is 2. The average molecular weight is 327 g/mol. The van der Waals surface area contributed by atoms with Gasteiger partial charge in [-0.2, -0.15) is 22.5 Å². The van der Waals surface area contributed by atoms with Crippen LogP contribution in [-0.4, -0.2) is 4.98 Å². The Kier molecular flexibility index (Phi) is 3.99. The lowest BCUT2D eigenvalue weighted by molar-refractivity contribution is -0.137. The highest BCUT2D eigenvalue weighted by molar-refractivity contribution is 6.33. The molecule has 9 heteroatoms. The summed E-state index contributed by atoms with van der Waals surface area (Å²) in [6, 6.07) is 2.48. The predicted octanol–water partition coefficient (Wildman–Crippen LogP) is 4.91. The lowest BCUT2D eigenvalue weighted by Crippen LogP contribution is -2.07. The van der Waals surface area contributed by atoms with E-state index in [0.29, 0.717) is 6.07 Å². The number of pyridine rings is 1. The smallest absolute Gasteiger partial charge is 0.336 e. The van der Waals surface area contributed by atoms with E-state index in [1.165, 1.54) is 0 Å². The van der Waals surface area contributed by atoms with E-state index in [-0.39, 0.29) is 16.8 Å². The van der Waals surface area contributed by atoms with Crippen molar-refractivity contribution in [2.75, 3.05) is 5.32 Å². The van der Waals surface area contributed by atoms with Crippen LogP contribution in [0.15, 0.2) is 24.3 Å². The van der Waals surface area contributed by atoms with Crippen LogP contribution >= 0.6 is 11.6 Å². The molecule has 0 fully saturated rings. The van der Waals surface area contributed by atoms with Crippen LogP contribution < -0.4 is 5.32 Å². The molecule has 1 heterocycles. The van der Waals surface area contributed by atoms with Gasteiger partial charge in [-0.05, 0) is 18.2 Å². The summed E-state index contributed by atoms with van der Waals surface area (Å²) < 4.78 is 76.7. The third-order valence-corrected chi connectivity index (χ3v) is 2.76. The molecule has 0 amide bonds. The van der Waals surface area contributed by atoms with Gasteiger partial charge in [0.2, 0.25) is 0 Å². The second-order valence-electron chi connectivity index (χ2n) is 3.91. The van der Waals surface area contributed by atoms with Gasteiger partial charge in [-0.1, -0.05) is 11.6 Å². The minimum atomic E-state index is -4.64. The highest BCUT2D eigenvalue weighted by Crippen LogP contribution is 2.35. The summed E-state index contributed by atoms with van der Waals surface area (Å²) in [7, 11) is 0. The van der Waals surface area contributed by atoms with Gasteiger partial charge in [0.1, 0.15) is 0 Å². The van der Waals surface area contributed by atoms with Crippen molar-refractivity contribution in [3.63, 3.8) is 0 Å². The first-order valence-corrected chi connectivity index (χ1v) is 5.71. The van der Waals surface area contributed by atoms with Gasteiger partial charge in [-0.25, -0.2) is 8.78 Å². The number of halogens is 7. The molecular weight excluding hydrogens is 322 g/mol. The summed E-state index contributed by atoms with van der Waals surface area (Å²) in [5.74, 6) is -5.17. The first-order chi connectivity index (χ1) is 9.68. The second kappa shape index (κ2) is 5.44. The Bertz CT molecular complexity index is 686. The predicted molar refractivity (Wildman–Crippen MR) is 63.8 cm³/mol. The molecule has 0 saturated carbocycles. The lowest BCUT2D eigenvalue weighted by atomic mass is 10.2. The van der Waals surface area contributed by atoms with E-state index < -0.39 is 35.1 Å². The van der Waals surface area contributed by atoms with Crippen molar-refractivity contribution in [1.82, 2.24) is 4.98 Å². The van der Waals surface area contributed by atoms with E-state index in [1.54, 1.807) is 0 Å². The lowest BCUT2D eigenvalue weighted by Gasteiger charge is -2.12. The molecular formula is C12H5ClF6N2. The maximum Gasteiger partial charge on any atom is 0.416 e. The van der Waals surface area contributed by atoms with Crippen molar-refractivity contribution in [3.05, 3.63) is 52.4 Å². The van der Waals surface area contributed by atoms with Crippen LogP contribution in [0.5, 0.6) is 0 Å². The minimum Gasteiger partial charge on any atom is -0.336 e. The average Bonchev–Trinajstić information content (AvgIpc) is 2.37. The zero-order valence-electron chi connectivity index (χ0n) is 9.90. The number of anilines is 2. The zero-order chi connectivity index (χ0) is 15.8. The first-order valence-electron chi connectivity index (χ1n) is 5.34. The number of nitrogens with one attached hydrogen (secondary N) is 1. The summed E-state index contributed by atoms with van der Waals surface area (Å²) in [5, 5.41) is 1.92. The molecule has 0 saturated heterocycles. The van der Waals surface area contributed by atoms with Crippen molar-refractivity contribution in [2.24, 2.45) is 0 Å². The van der Waals surface area contributed by atoms with Crippen molar-refractivity contribution < 1.29 is 26.3 Å². The molecule has 0 spiro atoms. The molecule has 0 unspecified atom stereocenters. The normalized spacial score (nSPS) is 11.6. The molecule has 0 aliphatic rings. The minimum absolute atomic E-state index is 0.172. The second-order valence-corrected chi connectivity index (χ2v) is 4.32. The van der Waals surface area contributed by atoms with Gasteiger partial charge in [0.25, 0.3) is 5.95 Å². The van der Waals surface area contributed by atoms with Crippen LogP contribution in [0, 0.1) is 17.6 Å². The Morgan fingerprint density at radius 3 is 2.29 bits per heavy atom. The third kappa shape index (κ3) is 3.38. The molecule has 112 valence electrons. The molecule has 0 atom stereocenters. The van der Waals surface area contributed by atoms with Gasteiger partial charge in [-0.3, -0.25) is 0 Å². The first kappa shape index (κ1) is 15.4. The van der Waals surface area contributed by atoms with Gasteiger partial charge in [-0.15, -0.1) is 0 Å². The fourth-order valence-electron chi connectivity index (χ4n) is 1.46. The van der Waals surface area contributed by atoms with Crippen LogP contribution in [-0.2, 0) is 6.18 Å². The maximum atomic E-state index is 13.4. The molecule has 1 aromatic heterocycles. The number of alkyl halides is 3. The van der Waals surface area contributed by atoms with E-state index in [4.69, 9.17) is 11.6 Å². The number of hydrogen-bond donors (Lipinski definition) is 1. The summed E-state index contributed by atoms with van der Waals surface area (Å²) in [4.78, 5) is 2.93. The molecule has 2 nitrogen and oxygen atoms in total. The van der Waals surface area contributed by atoms with Gasteiger partial charge < -0.3 is 5.32 Å². The highest BCUT2D eigenvalue weighted by Gasteiger charge is 2.31. The fourth-order valence-corrected chi connectivity index (χ4v) is 1.62. The summed E-state index contributed by atoms with van der Waals surface area (Å²) in [6.45, 7) is 0. The molecule has 0 bridgehead atoms. The van der Waals surface area contributed by atoms with E-state index >= 15 is 0 Å². The molecule has 0 aliphatic carbocycles. The van der Waals surface area contributed by atoms with Gasteiger partial charge >= 0.3 is 6.18 Å². The van der Waals surface area contributed by atoms with Crippen molar-refractivity contribution in [1.29, 1.82) is 0 Å². The van der Waals surface area contributed by atoms with Gasteiger partial charge in [0.05, 0.1) is 16.3 Å². The third-order valence-electron chi connectivity index (χ3n) is 2.43. The van der Waals surface area contributed by atoms with Crippen molar-refractivity contribution in [2.45, 2.75) is 6.18 Å². The molecule has 21 heavy (non-hydrogen) atoms. The SMILES string of the molecule is Fc1cc(F)c(Nc2cc(C(F)(F)F)ccc2Cl)nc1F. The molecule has 2 rings (SSSR count). The summed E-state index contributed by atoms with van der Waals surface area (Å²) >= 11 is 5.67. The summed E-state index contributed by atoms with van der Waals surface area (Å²) in [6.07, 6.45) is -4.64. The number of hydrogen-bond acceptors (Lipinski definition) is 2. The van der Waals surface area contributed by atoms with Crippen molar-refractivity contribution in [3.8, 4) is 0 Å². The topological polar surface area (TPSA) is 24.9 Å². The largest absolute Gasteiger partial charge is 0.416 e. The quantitative estimate of drug-likeness (QED) is 0.626. The fraction of sp³-hybridized carbons (Fsp3) is 0.0833. The molecule has 1 N–H and O–H groups in total.